The lowest BCUT2D eigenvalue weighted by atomic mass is 10.1. The van der Waals surface area contributed by atoms with Crippen molar-refractivity contribution in [3.05, 3.63) is 0 Å². The van der Waals surface area contributed by atoms with Gasteiger partial charge in [0.15, 0.2) is 0 Å². The second-order valence-electron chi connectivity index (χ2n) is 4.35. The zero-order valence-electron chi connectivity index (χ0n) is 10.7. The first-order chi connectivity index (χ1) is 7.88. The Morgan fingerprint density at radius 1 is 1.29 bits per heavy atom. The maximum atomic E-state index is 11.4. The van der Waals surface area contributed by atoms with Crippen LogP contribution < -0.4 is 16.4 Å². The zero-order valence-corrected chi connectivity index (χ0v) is 10.7. The number of rotatable bonds is 7. The number of nitrogens with one attached hydrogen (secondary N) is 2. The molecule has 2 amide bonds. The molecule has 0 aliphatic rings. The van der Waals surface area contributed by atoms with Crippen LogP contribution in [0.1, 0.15) is 27.2 Å². The molecule has 0 saturated heterocycles. The smallest absolute Gasteiger partial charge is 0.239 e. The SMILES string of the molecule is CCC(O)CNC(=O)CNC(=O)[C@@H](N)C(C)C. The number of hydrogen-bond acceptors (Lipinski definition) is 4. The number of amides is 2. The second-order valence-corrected chi connectivity index (χ2v) is 4.35. The Morgan fingerprint density at radius 2 is 1.88 bits per heavy atom. The molecule has 0 heterocycles. The Morgan fingerprint density at radius 3 is 2.35 bits per heavy atom. The molecule has 1 unspecified atom stereocenters. The van der Waals surface area contributed by atoms with Crippen molar-refractivity contribution < 1.29 is 14.7 Å². The number of carbonyl (C=O) groups is 2. The van der Waals surface area contributed by atoms with Crippen molar-refractivity contribution in [3.8, 4) is 0 Å². The fourth-order valence-electron chi connectivity index (χ4n) is 1.03. The molecular formula is C11H23N3O3. The summed E-state index contributed by atoms with van der Waals surface area (Å²) in [6, 6.07) is -0.607. The van der Waals surface area contributed by atoms with Gasteiger partial charge in [0.1, 0.15) is 0 Å². The summed E-state index contributed by atoms with van der Waals surface area (Å²) >= 11 is 0. The fraction of sp³-hybridized carbons (Fsp3) is 0.818. The van der Waals surface area contributed by atoms with Crippen molar-refractivity contribution >= 4 is 11.8 Å². The van der Waals surface area contributed by atoms with Crippen LogP contribution in [-0.2, 0) is 9.59 Å². The Labute approximate surface area is 102 Å². The van der Waals surface area contributed by atoms with Crippen LogP contribution in [0.3, 0.4) is 0 Å². The van der Waals surface area contributed by atoms with Gasteiger partial charge in [-0.3, -0.25) is 9.59 Å². The number of hydrogen-bond donors (Lipinski definition) is 4. The topological polar surface area (TPSA) is 104 Å². The lowest BCUT2D eigenvalue weighted by Crippen LogP contribution is -2.47. The van der Waals surface area contributed by atoms with E-state index in [1.807, 2.05) is 20.8 Å². The number of aliphatic hydroxyl groups is 1. The average Bonchev–Trinajstić information content (AvgIpc) is 2.31. The molecule has 0 rings (SSSR count). The van der Waals surface area contributed by atoms with Crippen LogP contribution in [0.2, 0.25) is 0 Å². The molecule has 0 aliphatic heterocycles. The summed E-state index contributed by atoms with van der Waals surface area (Å²) in [7, 11) is 0. The van der Waals surface area contributed by atoms with Crippen LogP contribution in [0.25, 0.3) is 0 Å². The molecule has 0 radical (unpaired) electrons. The van der Waals surface area contributed by atoms with Crippen molar-refractivity contribution in [2.75, 3.05) is 13.1 Å². The van der Waals surface area contributed by atoms with Gasteiger partial charge < -0.3 is 21.5 Å². The van der Waals surface area contributed by atoms with Crippen LogP contribution in [0.5, 0.6) is 0 Å². The average molecular weight is 245 g/mol. The quantitative estimate of drug-likeness (QED) is 0.460. The molecule has 0 spiro atoms. The number of aliphatic hydroxyl groups excluding tert-OH is 1. The van der Waals surface area contributed by atoms with E-state index in [1.54, 1.807) is 0 Å². The van der Waals surface area contributed by atoms with Gasteiger partial charge in [-0.25, -0.2) is 0 Å². The van der Waals surface area contributed by atoms with Crippen molar-refractivity contribution in [1.29, 1.82) is 0 Å². The molecule has 0 aromatic rings. The summed E-state index contributed by atoms with van der Waals surface area (Å²) in [6.45, 7) is 5.57. The molecule has 17 heavy (non-hydrogen) atoms. The first kappa shape index (κ1) is 15.9. The fourth-order valence-corrected chi connectivity index (χ4v) is 1.03. The standard InChI is InChI=1S/C11H23N3O3/c1-4-8(15)5-13-9(16)6-14-11(17)10(12)7(2)3/h7-8,10,15H,4-6,12H2,1-3H3,(H,13,16)(H,14,17)/t8?,10-/m0/s1. The van der Waals surface area contributed by atoms with E-state index < -0.39 is 12.1 Å². The maximum absolute atomic E-state index is 11.4. The summed E-state index contributed by atoms with van der Waals surface area (Å²) in [5.74, 6) is -0.645. The molecule has 0 bridgehead atoms. The van der Waals surface area contributed by atoms with Gasteiger partial charge in [-0.2, -0.15) is 0 Å². The molecule has 0 aliphatic carbocycles. The Bertz CT molecular complexity index is 256. The third-order valence-electron chi connectivity index (χ3n) is 2.45. The lowest BCUT2D eigenvalue weighted by Gasteiger charge is -2.15. The lowest BCUT2D eigenvalue weighted by molar-refractivity contribution is -0.127. The Balaban J connectivity index is 3.81. The monoisotopic (exact) mass is 245 g/mol. The highest BCUT2D eigenvalue weighted by Crippen LogP contribution is 1.97. The summed E-state index contributed by atoms with van der Waals surface area (Å²) in [5.41, 5.74) is 5.61. The summed E-state index contributed by atoms with van der Waals surface area (Å²) in [4.78, 5) is 22.7. The largest absolute Gasteiger partial charge is 0.391 e. The minimum absolute atomic E-state index is 0.0278. The zero-order chi connectivity index (χ0) is 13.4. The van der Waals surface area contributed by atoms with Crippen molar-refractivity contribution in [1.82, 2.24) is 10.6 Å². The molecule has 5 N–H and O–H groups in total. The minimum Gasteiger partial charge on any atom is -0.391 e. The van der Waals surface area contributed by atoms with Crippen molar-refractivity contribution in [2.45, 2.75) is 39.3 Å². The molecule has 0 fully saturated rings. The highest BCUT2D eigenvalue weighted by atomic mass is 16.3. The van der Waals surface area contributed by atoms with E-state index >= 15 is 0 Å². The number of carbonyl (C=O) groups excluding carboxylic acids is 2. The van der Waals surface area contributed by atoms with E-state index in [0.29, 0.717) is 6.42 Å². The van der Waals surface area contributed by atoms with E-state index in [2.05, 4.69) is 10.6 Å². The highest BCUT2D eigenvalue weighted by molar-refractivity contribution is 5.87. The molecule has 6 nitrogen and oxygen atoms in total. The first-order valence-electron chi connectivity index (χ1n) is 5.86. The third-order valence-corrected chi connectivity index (χ3v) is 2.45. The van der Waals surface area contributed by atoms with Gasteiger partial charge in [0.2, 0.25) is 11.8 Å². The van der Waals surface area contributed by atoms with Gasteiger partial charge >= 0.3 is 0 Å². The summed E-state index contributed by atoms with van der Waals surface area (Å²) in [6.07, 6.45) is 0.0257. The van der Waals surface area contributed by atoms with Crippen LogP contribution in [0.15, 0.2) is 0 Å². The Kier molecular flexibility index (Phi) is 7.49. The van der Waals surface area contributed by atoms with E-state index in [9.17, 15) is 14.7 Å². The predicted octanol–water partition coefficient (Wildman–Crippen LogP) is -1.03. The van der Waals surface area contributed by atoms with Crippen LogP contribution >= 0.6 is 0 Å². The van der Waals surface area contributed by atoms with Crippen LogP contribution in [-0.4, -0.2) is 42.2 Å². The summed E-state index contributed by atoms with van der Waals surface area (Å²) in [5, 5.41) is 14.2. The summed E-state index contributed by atoms with van der Waals surface area (Å²) < 4.78 is 0. The highest BCUT2D eigenvalue weighted by Gasteiger charge is 2.17. The maximum Gasteiger partial charge on any atom is 0.239 e. The van der Waals surface area contributed by atoms with E-state index in [4.69, 9.17) is 5.73 Å². The van der Waals surface area contributed by atoms with E-state index in [0.717, 1.165) is 0 Å². The molecule has 6 heteroatoms. The Hall–Kier alpha value is -1.14. The van der Waals surface area contributed by atoms with Gasteiger partial charge in [0.25, 0.3) is 0 Å². The van der Waals surface area contributed by atoms with Crippen LogP contribution in [0, 0.1) is 5.92 Å². The first-order valence-corrected chi connectivity index (χ1v) is 5.86. The van der Waals surface area contributed by atoms with E-state index in [1.165, 1.54) is 0 Å². The molecular weight excluding hydrogens is 222 g/mol. The van der Waals surface area contributed by atoms with Gasteiger partial charge in [0.05, 0.1) is 18.7 Å². The molecule has 0 saturated carbocycles. The van der Waals surface area contributed by atoms with E-state index in [-0.39, 0.29) is 30.8 Å². The van der Waals surface area contributed by atoms with Crippen molar-refractivity contribution in [2.24, 2.45) is 11.7 Å². The van der Waals surface area contributed by atoms with Crippen LogP contribution in [0.4, 0.5) is 0 Å². The molecule has 100 valence electrons. The van der Waals surface area contributed by atoms with Gasteiger partial charge in [0, 0.05) is 6.54 Å². The van der Waals surface area contributed by atoms with Crippen molar-refractivity contribution in [3.63, 3.8) is 0 Å². The number of nitrogens with two attached hydrogens (primary N) is 1. The minimum atomic E-state index is -0.607. The van der Waals surface area contributed by atoms with Gasteiger partial charge in [-0.15, -0.1) is 0 Å². The van der Waals surface area contributed by atoms with Gasteiger partial charge in [-0.05, 0) is 12.3 Å². The predicted molar refractivity (Wildman–Crippen MR) is 65.1 cm³/mol. The molecule has 2 atom stereocenters. The molecule has 0 aromatic carbocycles. The second kappa shape index (κ2) is 8.03. The normalized spacial score (nSPS) is 14.2. The molecule has 0 aromatic heterocycles. The van der Waals surface area contributed by atoms with Gasteiger partial charge in [-0.1, -0.05) is 20.8 Å². The third kappa shape index (κ3) is 6.91.